The normalized spacial score (nSPS) is 11.0. The molecule has 27 heavy (non-hydrogen) atoms. The number of sulfonamides is 1. The smallest absolute Gasteiger partial charge is 0.280 e. The quantitative estimate of drug-likeness (QED) is 0.690. The molecule has 136 valence electrons. The SMILES string of the molecule is N#Cc1cnn(C(=O)c2cccc(S(=O)(=O)Nc3ccc(Cl)cc3)c2)c1N. The monoisotopic (exact) mass is 401 g/mol. The van der Waals surface area contributed by atoms with Crippen LogP contribution in [0.4, 0.5) is 11.5 Å². The fourth-order valence-electron chi connectivity index (χ4n) is 2.26. The number of anilines is 2. The number of nitriles is 1. The highest BCUT2D eigenvalue weighted by atomic mass is 35.5. The molecule has 0 saturated carbocycles. The van der Waals surface area contributed by atoms with Gasteiger partial charge in [-0.3, -0.25) is 9.52 Å². The van der Waals surface area contributed by atoms with Crippen LogP contribution in [0.25, 0.3) is 0 Å². The molecule has 0 bridgehead atoms. The average Bonchev–Trinajstić information content (AvgIpc) is 3.03. The number of hydrogen-bond acceptors (Lipinski definition) is 6. The third kappa shape index (κ3) is 3.76. The molecule has 1 aromatic heterocycles. The molecule has 3 N–H and O–H groups in total. The summed E-state index contributed by atoms with van der Waals surface area (Å²) in [6, 6.07) is 13.3. The number of benzene rings is 2. The molecular formula is C17H12ClN5O3S. The molecule has 0 radical (unpaired) electrons. The van der Waals surface area contributed by atoms with Crippen LogP contribution in [-0.2, 0) is 10.0 Å². The zero-order chi connectivity index (χ0) is 19.6. The molecule has 0 atom stereocenters. The van der Waals surface area contributed by atoms with E-state index in [0.29, 0.717) is 10.7 Å². The minimum absolute atomic E-state index is 0.0493. The molecule has 0 aliphatic carbocycles. The maximum atomic E-state index is 12.6. The third-order valence-corrected chi connectivity index (χ3v) is 5.24. The number of nitrogens with two attached hydrogens (primary N) is 1. The Hall–Kier alpha value is -3.35. The molecule has 8 nitrogen and oxygen atoms in total. The highest BCUT2D eigenvalue weighted by molar-refractivity contribution is 7.92. The number of nitrogens with one attached hydrogen (secondary N) is 1. The molecule has 3 rings (SSSR count). The van der Waals surface area contributed by atoms with E-state index in [2.05, 4.69) is 9.82 Å². The molecule has 1 heterocycles. The van der Waals surface area contributed by atoms with Crippen LogP contribution in [0, 0.1) is 11.3 Å². The molecule has 0 unspecified atom stereocenters. The number of carbonyl (C=O) groups is 1. The van der Waals surface area contributed by atoms with Crippen molar-refractivity contribution < 1.29 is 13.2 Å². The van der Waals surface area contributed by atoms with E-state index in [-0.39, 0.29) is 21.8 Å². The van der Waals surface area contributed by atoms with Crippen LogP contribution in [-0.4, -0.2) is 24.1 Å². The topological polar surface area (TPSA) is 131 Å². The number of rotatable bonds is 4. The number of hydrogen-bond donors (Lipinski definition) is 2. The van der Waals surface area contributed by atoms with Gasteiger partial charge in [-0.1, -0.05) is 17.7 Å². The highest BCUT2D eigenvalue weighted by Gasteiger charge is 2.19. The van der Waals surface area contributed by atoms with Crippen LogP contribution in [0.5, 0.6) is 0 Å². The van der Waals surface area contributed by atoms with Crippen molar-refractivity contribution in [3.05, 3.63) is 70.9 Å². The zero-order valence-corrected chi connectivity index (χ0v) is 15.2. The lowest BCUT2D eigenvalue weighted by molar-refractivity contribution is 0.0947. The number of nitrogens with zero attached hydrogens (tertiary/aromatic N) is 3. The van der Waals surface area contributed by atoms with Crippen LogP contribution < -0.4 is 10.5 Å². The Labute approximate surface area is 159 Å². The average molecular weight is 402 g/mol. The largest absolute Gasteiger partial charge is 0.382 e. The van der Waals surface area contributed by atoms with Gasteiger partial charge < -0.3 is 5.73 Å². The van der Waals surface area contributed by atoms with E-state index < -0.39 is 15.9 Å². The number of aromatic nitrogens is 2. The van der Waals surface area contributed by atoms with Gasteiger partial charge in [0.1, 0.15) is 17.5 Å². The van der Waals surface area contributed by atoms with Gasteiger partial charge in [-0.05, 0) is 42.5 Å². The van der Waals surface area contributed by atoms with Gasteiger partial charge in [0.2, 0.25) is 0 Å². The Morgan fingerprint density at radius 1 is 1.22 bits per heavy atom. The first-order valence-electron chi connectivity index (χ1n) is 7.48. The second-order valence-electron chi connectivity index (χ2n) is 5.41. The summed E-state index contributed by atoms with van der Waals surface area (Å²) >= 11 is 5.79. The van der Waals surface area contributed by atoms with Gasteiger partial charge in [0.15, 0.2) is 0 Å². The zero-order valence-electron chi connectivity index (χ0n) is 13.6. The van der Waals surface area contributed by atoms with Crippen molar-refractivity contribution in [2.45, 2.75) is 4.90 Å². The fraction of sp³-hybridized carbons (Fsp3) is 0. The van der Waals surface area contributed by atoms with Crippen LogP contribution in [0.2, 0.25) is 5.02 Å². The Morgan fingerprint density at radius 2 is 1.93 bits per heavy atom. The van der Waals surface area contributed by atoms with E-state index in [1.165, 1.54) is 36.4 Å². The number of halogens is 1. The van der Waals surface area contributed by atoms with Crippen molar-refractivity contribution in [3.63, 3.8) is 0 Å². The third-order valence-electron chi connectivity index (χ3n) is 3.61. The highest BCUT2D eigenvalue weighted by Crippen LogP contribution is 2.20. The van der Waals surface area contributed by atoms with Crippen molar-refractivity contribution >= 4 is 39.0 Å². The van der Waals surface area contributed by atoms with Crippen molar-refractivity contribution in [1.82, 2.24) is 9.78 Å². The van der Waals surface area contributed by atoms with E-state index in [0.717, 1.165) is 10.9 Å². The maximum Gasteiger partial charge on any atom is 0.280 e. The second kappa shape index (κ2) is 7.11. The molecule has 0 amide bonds. The summed E-state index contributed by atoms with van der Waals surface area (Å²) < 4.78 is 28.4. The lowest BCUT2D eigenvalue weighted by Gasteiger charge is -2.09. The standard InChI is InChI=1S/C17H12ClN5O3S/c18-13-4-6-14(7-5-13)22-27(25,26)15-3-1-2-11(8-15)17(24)23-16(20)12(9-19)10-21-23/h1-8,10,22H,20H2. The lowest BCUT2D eigenvalue weighted by Crippen LogP contribution is -2.18. The summed E-state index contributed by atoms with van der Waals surface area (Å²) in [5.41, 5.74) is 6.13. The van der Waals surface area contributed by atoms with Crippen LogP contribution in [0.3, 0.4) is 0 Å². The summed E-state index contributed by atoms with van der Waals surface area (Å²) in [5, 5.41) is 13.1. The minimum Gasteiger partial charge on any atom is -0.382 e. The van der Waals surface area contributed by atoms with E-state index in [4.69, 9.17) is 22.6 Å². The van der Waals surface area contributed by atoms with Crippen LogP contribution in [0.1, 0.15) is 15.9 Å². The summed E-state index contributed by atoms with van der Waals surface area (Å²) in [7, 11) is -3.93. The molecule has 0 fully saturated rings. The first kappa shape index (κ1) is 18.4. The van der Waals surface area contributed by atoms with Gasteiger partial charge in [0.25, 0.3) is 15.9 Å². The first-order chi connectivity index (χ1) is 12.8. The Morgan fingerprint density at radius 3 is 2.56 bits per heavy atom. The van der Waals surface area contributed by atoms with Crippen LogP contribution in [0.15, 0.2) is 59.6 Å². The van der Waals surface area contributed by atoms with E-state index in [1.54, 1.807) is 12.1 Å². The van der Waals surface area contributed by atoms with Gasteiger partial charge >= 0.3 is 0 Å². The molecule has 2 aromatic carbocycles. The van der Waals surface area contributed by atoms with Crippen molar-refractivity contribution in [3.8, 4) is 6.07 Å². The molecule has 0 spiro atoms. The number of carbonyl (C=O) groups excluding carboxylic acids is 1. The lowest BCUT2D eigenvalue weighted by atomic mass is 10.2. The van der Waals surface area contributed by atoms with E-state index in [9.17, 15) is 13.2 Å². The molecule has 0 aliphatic heterocycles. The Bertz CT molecular complexity index is 1160. The summed E-state index contributed by atoms with van der Waals surface area (Å²) in [5.74, 6) is -0.771. The maximum absolute atomic E-state index is 12.6. The predicted molar refractivity (Wildman–Crippen MR) is 99.8 cm³/mol. The number of nitrogen functional groups attached to an aromatic ring is 1. The molecular weight excluding hydrogens is 390 g/mol. The van der Waals surface area contributed by atoms with Gasteiger partial charge in [0.05, 0.1) is 11.1 Å². The van der Waals surface area contributed by atoms with E-state index >= 15 is 0 Å². The molecule has 0 aliphatic rings. The van der Waals surface area contributed by atoms with Crippen LogP contribution >= 0.6 is 11.6 Å². The molecule has 10 heteroatoms. The first-order valence-corrected chi connectivity index (χ1v) is 9.34. The summed E-state index contributed by atoms with van der Waals surface area (Å²) in [6.45, 7) is 0. The van der Waals surface area contributed by atoms with Gasteiger partial charge in [-0.2, -0.15) is 15.0 Å². The van der Waals surface area contributed by atoms with Crippen molar-refractivity contribution in [2.24, 2.45) is 0 Å². The predicted octanol–water partition coefficient (Wildman–Crippen LogP) is 2.48. The van der Waals surface area contributed by atoms with Gasteiger partial charge in [-0.15, -0.1) is 0 Å². The Kier molecular flexibility index (Phi) is 4.85. The van der Waals surface area contributed by atoms with Gasteiger partial charge in [-0.25, -0.2) is 8.42 Å². The van der Waals surface area contributed by atoms with Crippen molar-refractivity contribution in [2.75, 3.05) is 10.5 Å². The summed E-state index contributed by atoms with van der Waals surface area (Å²) in [6.07, 6.45) is 1.16. The fourth-order valence-corrected chi connectivity index (χ4v) is 3.49. The van der Waals surface area contributed by atoms with E-state index in [1.807, 2.05) is 6.07 Å². The summed E-state index contributed by atoms with van der Waals surface area (Å²) in [4.78, 5) is 12.4. The van der Waals surface area contributed by atoms with Crippen molar-refractivity contribution in [1.29, 1.82) is 5.26 Å². The van der Waals surface area contributed by atoms with Gasteiger partial charge in [0, 0.05) is 16.3 Å². The molecule has 0 saturated heterocycles. The molecule has 3 aromatic rings. The second-order valence-corrected chi connectivity index (χ2v) is 7.53. The Balaban J connectivity index is 1.92. The minimum atomic E-state index is -3.93.